The van der Waals surface area contributed by atoms with Crippen molar-refractivity contribution in [2.45, 2.75) is 27.2 Å². The van der Waals surface area contributed by atoms with Crippen molar-refractivity contribution in [3.63, 3.8) is 0 Å². The maximum absolute atomic E-state index is 11.0. The minimum absolute atomic E-state index is 0.443. The van der Waals surface area contributed by atoms with Crippen molar-refractivity contribution < 1.29 is 9.90 Å². The first kappa shape index (κ1) is 15.9. The largest absolute Gasteiger partial charge is 0.481 e. The highest BCUT2D eigenvalue weighted by Gasteiger charge is 2.19. The van der Waals surface area contributed by atoms with Crippen LogP contribution in [-0.4, -0.2) is 20.9 Å². The van der Waals surface area contributed by atoms with Crippen LogP contribution in [0.5, 0.6) is 0 Å². The van der Waals surface area contributed by atoms with E-state index in [1.54, 1.807) is 29.8 Å². The van der Waals surface area contributed by atoms with E-state index in [0.717, 1.165) is 22.6 Å². The van der Waals surface area contributed by atoms with Gasteiger partial charge in [0.2, 0.25) is 0 Å². The Balaban J connectivity index is 2.45. The smallest absolute Gasteiger partial charge is 0.306 e. The van der Waals surface area contributed by atoms with Gasteiger partial charge in [0.25, 0.3) is 0 Å². The summed E-state index contributed by atoms with van der Waals surface area (Å²) in [5.41, 5.74) is 3.38. The summed E-state index contributed by atoms with van der Waals surface area (Å²) in [6.45, 7) is 5.47. The van der Waals surface area contributed by atoms with Gasteiger partial charge in [-0.1, -0.05) is 30.1 Å². The van der Waals surface area contributed by atoms with Gasteiger partial charge in [0, 0.05) is 10.7 Å². The van der Waals surface area contributed by atoms with Crippen LogP contribution in [0, 0.1) is 19.8 Å². The van der Waals surface area contributed by atoms with Crippen LogP contribution in [0.25, 0.3) is 5.69 Å². The Hall–Kier alpha value is -1.52. The summed E-state index contributed by atoms with van der Waals surface area (Å²) in [5, 5.41) is 14.6. The van der Waals surface area contributed by atoms with E-state index < -0.39 is 11.9 Å². The third-order valence-electron chi connectivity index (χ3n) is 3.51. The highest BCUT2D eigenvalue weighted by molar-refractivity contribution is 6.35. The van der Waals surface area contributed by atoms with Gasteiger partial charge in [0.1, 0.15) is 0 Å². The number of hydrogen-bond donors (Lipinski definition) is 1. The molecule has 0 radical (unpaired) electrons. The number of carboxylic acid groups (broad SMARTS) is 1. The summed E-state index contributed by atoms with van der Waals surface area (Å²) in [4.78, 5) is 11.0. The molecule has 1 atom stereocenters. The molecular weight excluding hydrogens is 311 g/mol. The minimum atomic E-state index is -0.814. The lowest BCUT2D eigenvalue weighted by atomic mass is 10.00. The predicted molar refractivity (Wildman–Crippen MR) is 83.6 cm³/mol. The molecule has 0 aliphatic rings. The summed E-state index contributed by atoms with van der Waals surface area (Å²) < 4.78 is 1.73. The number of aliphatic carboxylic acids is 1. The first-order valence-electron chi connectivity index (χ1n) is 6.54. The van der Waals surface area contributed by atoms with Crippen LogP contribution in [0.15, 0.2) is 18.2 Å². The summed E-state index contributed by atoms with van der Waals surface area (Å²) in [5.74, 6) is -1.27. The molecule has 112 valence electrons. The van der Waals surface area contributed by atoms with Crippen molar-refractivity contribution in [3.8, 4) is 5.69 Å². The van der Waals surface area contributed by atoms with E-state index in [1.165, 1.54) is 0 Å². The molecule has 0 aliphatic heterocycles. The molecule has 6 heteroatoms. The van der Waals surface area contributed by atoms with Crippen molar-refractivity contribution in [3.05, 3.63) is 45.2 Å². The zero-order valence-corrected chi connectivity index (χ0v) is 13.5. The van der Waals surface area contributed by atoms with Gasteiger partial charge in [0.05, 0.1) is 22.3 Å². The minimum Gasteiger partial charge on any atom is -0.481 e. The van der Waals surface area contributed by atoms with E-state index >= 15 is 0 Å². The van der Waals surface area contributed by atoms with E-state index in [0.29, 0.717) is 16.5 Å². The number of benzene rings is 1. The van der Waals surface area contributed by atoms with Crippen LogP contribution in [0.4, 0.5) is 0 Å². The van der Waals surface area contributed by atoms with Gasteiger partial charge in [-0.3, -0.25) is 4.79 Å². The average Bonchev–Trinajstić information content (AvgIpc) is 2.66. The summed E-state index contributed by atoms with van der Waals surface area (Å²) in [7, 11) is 0. The molecule has 1 aromatic carbocycles. The monoisotopic (exact) mass is 326 g/mol. The highest BCUT2D eigenvalue weighted by Crippen LogP contribution is 2.27. The highest BCUT2D eigenvalue weighted by atomic mass is 35.5. The molecule has 0 bridgehead atoms. The Morgan fingerprint density at radius 3 is 2.62 bits per heavy atom. The van der Waals surface area contributed by atoms with Crippen molar-refractivity contribution >= 4 is 29.2 Å². The van der Waals surface area contributed by atoms with E-state index in [1.807, 2.05) is 13.8 Å². The SMILES string of the molecule is Cc1nn(-c2ccc(Cl)cc2Cl)c(C)c1CC(C)C(=O)O. The number of carboxylic acids is 1. The van der Waals surface area contributed by atoms with E-state index in [-0.39, 0.29) is 0 Å². The van der Waals surface area contributed by atoms with Crippen LogP contribution < -0.4 is 0 Å². The second-order valence-electron chi connectivity index (χ2n) is 5.10. The summed E-state index contributed by atoms with van der Waals surface area (Å²) in [6.07, 6.45) is 0.443. The second-order valence-corrected chi connectivity index (χ2v) is 5.94. The van der Waals surface area contributed by atoms with E-state index in [4.69, 9.17) is 28.3 Å². The predicted octanol–water partition coefficient (Wildman–Crippen LogP) is 4.06. The molecule has 2 aromatic rings. The normalized spacial score (nSPS) is 12.4. The number of carbonyl (C=O) groups is 1. The van der Waals surface area contributed by atoms with Crippen molar-refractivity contribution in [2.24, 2.45) is 5.92 Å². The Bertz CT molecular complexity index is 695. The fourth-order valence-corrected chi connectivity index (χ4v) is 2.74. The molecule has 0 saturated heterocycles. The molecule has 0 saturated carbocycles. The standard InChI is InChI=1S/C15H16Cl2N2O2/c1-8(15(20)21)6-12-9(2)18-19(10(12)3)14-5-4-11(16)7-13(14)17/h4-5,7-8H,6H2,1-3H3,(H,20,21). The Kier molecular flexibility index (Phi) is 4.59. The third-order valence-corrected chi connectivity index (χ3v) is 4.05. The number of aromatic nitrogens is 2. The van der Waals surface area contributed by atoms with Gasteiger partial charge in [-0.05, 0) is 44.0 Å². The first-order chi connectivity index (χ1) is 9.81. The van der Waals surface area contributed by atoms with E-state index in [9.17, 15) is 4.79 Å². The lowest BCUT2D eigenvalue weighted by molar-refractivity contribution is -0.141. The topological polar surface area (TPSA) is 55.1 Å². The van der Waals surface area contributed by atoms with E-state index in [2.05, 4.69) is 5.10 Å². The van der Waals surface area contributed by atoms with Crippen LogP contribution in [0.3, 0.4) is 0 Å². The van der Waals surface area contributed by atoms with Crippen LogP contribution in [-0.2, 0) is 11.2 Å². The van der Waals surface area contributed by atoms with Crippen molar-refractivity contribution in [1.82, 2.24) is 9.78 Å². The molecule has 1 N–H and O–H groups in total. The Morgan fingerprint density at radius 2 is 2.05 bits per heavy atom. The number of halogens is 2. The maximum Gasteiger partial charge on any atom is 0.306 e. The molecule has 2 rings (SSSR count). The van der Waals surface area contributed by atoms with Gasteiger partial charge in [-0.2, -0.15) is 5.10 Å². The van der Waals surface area contributed by atoms with Gasteiger partial charge in [-0.25, -0.2) is 4.68 Å². The number of hydrogen-bond acceptors (Lipinski definition) is 2. The summed E-state index contributed by atoms with van der Waals surface area (Å²) in [6, 6.07) is 5.21. The third kappa shape index (κ3) is 3.22. The quantitative estimate of drug-likeness (QED) is 0.921. The maximum atomic E-state index is 11.0. The summed E-state index contributed by atoms with van der Waals surface area (Å²) >= 11 is 12.1. The van der Waals surface area contributed by atoms with Crippen molar-refractivity contribution in [1.29, 1.82) is 0 Å². The van der Waals surface area contributed by atoms with Gasteiger partial charge in [-0.15, -0.1) is 0 Å². The van der Waals surface area contributed by atoms with Crippen LogP contribution >= 0.6 is 23.2 Å². The van der Waals surface area contributed by atoms with Crippen molar-refractivity contribution in [2.75, 3.05) is 0 Å². The lowest BCUT2D eigenvalue weighted by Crippen LogP contribution is -2.13. The Labute approximate surface area is 133 Å². The molecule has 0 aliphatic carbocycles. The zero-order chi connectivity index (χ0) is 15.7. The Morgan fingerprint density at radius 1 is 1.38 bits per heavy atom. The van der Waals surface area contributed by atoms with Crippen LogP contribution in [0.2, 0.25) is 10.0 Å². The van der Waals surface area contributed by atoms with Gasteiger partial charge < -0.3 is 5.11 Å². The number of aryl methyl sites for hydroxylation is 1. The molecule has 0 amide bonds. The number of rotatable bonds is 4. The molecule has 1 unspecified atom stereocenters. The van der Waals surface area contributed by atoms with Gasteiger partial charge in [0.15, 0.2) is 0 Å². The molecule has 1 heterocycles. The van der Waals surface area contributed by atoms with Crippen LogP contribution in [0.1, 0.15) is 23.9 Å². The molecule has 1 aromatic heterocycles. The lowest BCUT2D eigenvalue weighted by Gasteiger charge is -2.09. The molecule has 0 fully saturated rings. The molecule has 21 heavy (non-hydrogen) atoms. The first-order valence-corrected chi connectivity index (χ1v) is 7.30. The molecular formula is C15H16Cl2N2O2. The zero-order valence-electron chi connectivity index (χ0n) is 12.0. The number of nitrogens with zero attached hydrogens (tertiary/aromatic N) is 2. The second kappa shape index (κ2) is 6.08. The molecule has 4 nitrogen and oxygen atoms in total. The fraction of sp³-hybridized carbons (Fsp3) is 0.333. The average molecular weight is 327 g/mol. The van der Waals surface area contributed by atoms with Gasteiger partial charge >= 0.3 is 5.97 Å². The molecule has 0 spiro atoms. The fourth-order valence-electron chi connectivity index (χ4n) is 2.25.